The number of aromatic nitrogens is 3. The van der Waals surface area contributed by atoms with E-state index in [1.54, 1.807) is 19.9 Å². The van der Waals surface area contributed by atoms with Gasteiger partial charge in [0.25, 0.3) is 17.4 Å². The quantitative estimate of drug-likeness (QED) is 0.851. The lowest BCUT2D eigenvalue weighted by atomic mass is 10.1. The number of aryl methyl sites for hydroxylation is 2. The number of hydrogen-bond acceptors (Lipinski definition) is 6. The summed E-state index contributed by atoms with van der Waals surface area (Å²) in [6.07, 6.45) is 2.18. The molecule has 8 nitrogen and oxygen atoms in total. The van der Waals surface area contributed by atoms with Gasteiger partial charge in [-0.1, -0.05) is 5.16 Å². The molecule has 1 aliphatic heterocycles. The Morgan fingerprint density at radius 2 is 2.29 bits per heavy atom. The molecule has 0 spiro atoms. The first-order valence-electron chi connectivity index (χ1n) is 7.97. The number of ether oxygens (including phenoxy) is 1. The SMILES string of the molecule is Cc1cc(C)c(C(=O)NCCc2noc([C@H]3CCCO3)n2)c(=O)[nH]1. The largest absolute Gasteiger partial charge is 0.368 e. The summed E-state index contributed by atoms with van der Waals surface area (Å²) in [6.45, 7) is 4.54. The number of carbonyl (C=O) groups excluding carboxylic acids is 1. The number of carbonyl (C=O) groups is 1. The van der Waals surface area contributed by atoms with Crippen molar-refractivity contribution in [1.29, 1.82) is 0 Å². The third-order valence-electron chi connectivity index (χ3n) is 3.92. The Morgan fingerprint density at radius 1 is 1.46 bits per heavy atom. The molecule has 1 amide bonds. The van der Waals surface area contributed by atoms with Crippen LogP contribution in [0, 0.1) is 13.8 Å². The van der Waals surface area contributed by atoms with Crippen molar-refractivity contribution in [2.75, 3.05) is 13.2 Å². The van der Waals surface area contributed by atoms with Crippen molar-refractivity contribution in [2.24, 2.45) is 0 Å². The second kappa shape index (κ2) is 6.96. The summed E-state index contributed by atoms with van der Waals surface area (Å²) in [5.74, 6) is 0.589. The van der Waals surface area contributed by atoms with E-state index in [1.807, 2.05) is 0 Å². The molecule has 0 aliphatic carbocycles. The minimum absolute atomic E-state index is 0.116. The first-order chi connectivity index (χ1) is 11.5. The molecule has 24 heavy (non-hydrogen) atoms. The molecule has 2 N–H and O–H groups in total. The molecule has 0 saturated carbocycles. The van der Waals surface area contributed by atoms with Crippen LogP contribution in [0.4, 0.5) is 0 Å². The fourth-order valence-electron chi connectivity index (χ4n) is 2.78. The number of H-pyrrole nitrogens is 1. The van der Waals surface area contributed by atoms with Gasteiger partial charge in [0.05, 0.1) is 0 Å². The van der Waals surface area contributed by atoms with E-state index in [0.717, 1.165) is 18.5 Å². The van der Waals surface area contributed by atoms with Gasteiger partial charge in [0, 0.05) is 25.3 Å². The topological polar surface area (TPSA) is 110 Å². The van der Waals surface area contributed by atoms with Gasteiger partial charge in [-0.25, -0.2) is 0 Å². The number of nitrogens with zero attached hydrogens (tertiary/aromatic N) is 2. The van der Waals surface area contributed by atoms with E-state index in [-0.39, 0.29) is 17.2 Å². The maximum atomic E-state index is 12.2. The van der Waals surface area contributed by atoms with Gasteiger partial charge in [-0.15, -0.1) is 0 Å². The zero-order valence-electron chi connectivity index (χ0n) is 13.7. The zero-order valence-corrected chi connectivity index (χ0v) is 13.7. The van der Waals surface area contributed by atoms with E-state index in [2.05, 4.69) is 20.4 Å². The monoisotopic (exact) mass is 332 g/mol. The van der Waals surface area contributed by atoms with Crippen LogP contribution in [0.1, 0.15) is 52.3 Å². The standard InChI is InChI=1S/C16H20N4O4/c1-9-8-10(2)18-15(22)13(9)14(21)17-6-5-12-19-16(24-20-12)11-4-3-7-23-11/h8,11H,3-7H2,1-2H3,(H,17,21)(H,18,22)/t11-/m1/s1. The molecule has 1 fully saturated rings. The predicted molar refractivity (Wildman–Crippen MR) is 84.8 cm³/mol. The molecule has 3 rings (SSSR count). The fourth-order valence-corrected chi connectivity index (χ4v) is 2.78. The average molecular weight is 332 g/mol. The molecule has 128 valence electrons. The average Bonchev–Trinajstić information content (AvgIpc) is 3.17. The summed E-state index contributed by atoms with van der Waals surface area (Å²) < 4.78 is 10.7. The maximum absolute atomic E-state index is 12.2. The van der Waals surface area contributed by atoms with Crippen molar-refractivity contribution >= 4 is 5.91 Å². The van der Waals surface area contributed by atoms with Crippen molar-refractivity contribution in [3.8, 4) is 0 Å². The molecule has 2 aromatic rings. The molecule has 8 heteroatoms. The van der Waals surface area contributed by atoms with Crippen LogP contribution >= 0.6 is 0 Å². The van der Waals surface area contributed by atoms with E-state index >= 15 is 0 Å². The molecule has 0 unspecified atom stereocenters. The number of rotatable bonds is 5. The lowest BCUT2D eigenvalue weighted by Gasteiger charge is -2.06. The third-order valence-corrected chi connectivity index (χ3v) is 3.92. The third kappa shape index (κ3) is 3.53. The predicted octanol–water partition coefficient (Wildman–Crippen LogP) is 1.20. The number of hydrogen-bond donors (Lipinski definition) is 2. The van der Waals surface area contributed by atoms with Gasteiger partial charge in [-0.05, 0) is 38.3 Å². The van der Waals surface area contributed by atoms with Gasteiger partial charge >= 0.3 is 0 Å². The van der Waals surface area contributed by atoms with E-state index in [9.17, 15) is 9.59 Å². The number of pyridine rings is 1. The molecule has 2 aromatic heterocycles. The first-order valence-corrected chi connectivity index (χ1v) is 7.97. The fraction of sp³-hybridized carbons (Fsp3) is 0.500. The van der Waals surface area contributed by atoms with Gasteiger partial charge in [0.1, 0.15) is 11.7 Å². The Bertz CT molecular complexity index is 790. The molecule has 0 aromatic carbocycles. The minimum Gasteiger partial charge on any atom is -0.368 e. The summed E-state index contributed by atoms with van der Waals surface area (Å²) in [7, 11) is 0. The Labute approximate surface area is 138 Å². The Morgan fingerprint density at radius 3 is 3.00 bits per heavy atom. The van der Waals surface area contributed by atoms with Gasteiger partial charge in [0.15, 0.2) is 5.82 Å². The molecule has 1 aliphatic rings. The zero-order chi connectivity index (χ0) is 17.1. The summed E-state index contributed by atoms with van der Waals surface area (Å²) in [5, 5.41) is 6.61. The van der Waals surface area contributed by atoms with Crippen LogP contribution in [0.15, 0.2) is 15.4 Å². The summed E-state index contributed by atoms with van der Waals surface area (Å²) in [4.78, 5) is 31.0. The lowest BCUT2D eigenvalue weighted by molar-refractivity contribution is 0.0835. The Kier molecular flexibility index (Phi) is 4.75. The van der Waals surface area contributed by atoms with Crippen LogP contribution < -0.4 is 10.9 Å². The van der Waals surface area contributed by atoms with Crippen LogP contribution in [0.2, 0.25) is 0 Å². The maximum Gasteiger partial charge on any atom is 0.261 e. The highest BCUT2D eigenvalue weighted by molar-refractivity contribution is 5.95. The van der Waals surface area contributed by atoms with E-state index in [0.29, 0.717) is 36.9 Å². The van der Waals surface area contributed by atoms with Gasteiger partial charge in [0.2, 0.25) is 0 Å². The highest BCUT2D eigenvalue weighted by Gasteiger charge is 2.23. The highest BCUT2D eigenvalue weighted by atomic mass is 16.5. The second-order valence-electron chi connectivity index (χ2n) is 5.90. The molecule has 1 atom stereocenters. The highest BCUT2D eigenvalue weighted by Crippen LogP contribution is 2.26. The van der Waals surface area contributed by atoms with Crippen molar-refractivity contribution in [3.63, 3.8) is 0 Å². The smallest absolute Gasteiger partial charge is 0.261 e. The normalized spacial score (nSPS) is 17.2. The van der Waals surface area contributed by atoms with Crippen molar-refractivity contribution in [1.82, 2.24) is 20.4 Å². The molecule has 3 heterocycles. The van der Waals surface area contributed by atoms with Crippen LogP contribution in [0.3, 0.4) is 0 Å². The van der Waals surface area contributed by atoms with Crippen LogP contribution in [-0.4, -0.2) is 34.2 Å². The first kappa shape index (κ1) is 16.4. The van der Waals surface area contributed by atoms with Crippen LogP contribution in [-0.2, 0) is 11.2 Å². The van der Waals surface area contributed by atoms with Gasteiger partial charge in [-0.2, -0.15) is 4.98 Å². The summed E-state index contributed by atoms with van der Waals surface area (Å²) in [5.41, 5.74) is 1.12. The van der Waals surface area contributed by atoms with E-state index in [4.69, 9.17) is 9.26 Å². The lowest BCUT2D eigenvalue weighted by Crippen LogP contribution is -2.32. The second-order valence-corrected chi connectivity index (χ2v) is 5.90. The van der Waals surface area contributed by atoms with Crippen molar-refractivity contribution in [3.05, 3.63) is 45.0 Å². The molecule has 0 bridgehead atoms. The number of aromatic amines is 1. The van der Waals surface area contributed by atoms with Gasteiger partial charge in [-0.3, -0.25) is 9.59 Å². The van der Waals surface area contributed by atoms with Crippen molar-refractivity contribution in [2.45, 2.75) is 39.2 Å². The Hall–Kier alpha value is -2.48. The molecular weight excluding hydrogens is 312 g/mol. The molecule has 0 radical (unpaired) electrons. The van der Waals surface area contributed by atoms with E-state index in [1.165, 1.54) is 0 Å². The van der Waals surface area contributed by atoms with Crippen LogP contribution in [0.5, 0.6) is 0 Å². The summed E-state index contributed by atoms with van der Waals surface area (Å²) >= 11 is 0. The van der Waals surface area contributed by atoms with Crippen LogP contribution in [0.25, 0.3) is 0 Å². The Balaban J connectivity index is 1.57. The van der Waals surface area contributed by atoms with Crippen molar-refractivity contribution < 1.29 is 14.1 Å². The van der Waals surface area contributed by atoms with Gasteiger partial charge < -0.3 is 19.6 Å². The molecule has 1 saturated heterocycles. The molecular formula is C16H20N4O4. The number of nitrogens with one attached hydrogen (secondary N) is 2. The number of amides is 1. The summed E-state index contributed by atoms with van der Waals surface area (Å²) in [6, 6.07) is 1.77. The van der Waals surface area contributed by atoms with E-state index < -0.39 is 5.91 Å². The minimum atomic E-state index is -0.406.